The molecule has 0 radical (unpaired) electrons. The lowest BCUT2D eigenvalue weighted by molar-refractivity contribution is -0.142. The van der Waals surface area contributed by atoms with Gasteiger partial charge in [0.2, 0.25) is 0 Å². The molecule has 1 aliphatic rings. The molecule has 1 aliphatic carbocycles. The Morgan fingerprint density at radius 2 is 1.40 bits per heavy atom. The van der Waals surface area contributed by atoms with E-state index in [0.29, 0.717) is 11.3 Å². The third-order valence-corrected chi connectivity index (χ3v) is 5.48. The number of hydrogen-bond acceptors (Lipinski definition) is 6. The first-order chi connectivity index (χ1) is 16.8. The van der Waals surface area contributed by atoms with Crippen LogP contribution < -0.4 is 10.6 Å². The first-order valence-electron chi connectivity index (χ1n) is 11.1. The Morgan fingerprint density at radius 1 is 0.829 bits per heavy atom. The number of esters is 1. The van der Waals surface area contributed by atoms with E-state index >= 15 is 0 Å². The normalized spacial score (nSPS) is 12.0. The van der Waals surface area contributed by atoms with E-state index in [1.807, 2.05) is 0 Å². The Labute approximate surface area is 202 Å². The highest BCUT2D eigenvalue weighted by Gasteiger charge is 2.34. The molecule has 3 aromatic carbocycles. The molecule has 0 saturated carbocycles. The number of anilines is 2. The van der Waals surface area contributed by atoms with E-state index in [4.69, 9.17) is 4.74 Å². The van der Waals surface area contributed by atoms with Crippen molar-refractivity contribution in [1.82, 2.24) is 0 Å². The van der Waals surface area contributed by atoms with E-state index in [9.17, 15) is 19.2 Å². The molecule has 2 N–H and O–H groups in total. The number of carbonyl (C=O) groups is 4. The van der Waals surface area contributed by atoms with Crippen molar-refractivity contribution in [3.05, 3.63) is 107 Å². The van der Waals surface area contributed by atoms with Gasteiger partial charge in [0.05, 0.1) is 22.9 Å². The molecule has 0 bridgehead atoms. The van der Waals surface area contributed by atoms with E-state index in [1.54, 1.807) is 80.6 Å². The summed E-state index contributed by atoms with van der Waals surface area (Å²) in [5.41, 5.74) is 2.06. The zero-order chi connectivity index (χ0) is 25.1. The quantitative estimate of drug-likeness (QED) is 0.303. The van der Waals surface area contributed by atoms with Crippen LogP contribution in [-0.2, 0) is 9.53 Å². The Morgan fingerprint density at radius 3 is 2.00 bits per heavy atom. The second-order valence-electron chi connectivity index (χ2n) is 8.35. The average molecular weight is 469 g/mol. The largest absolute Gasteiger partial charge is 0.460 e. The first kappa shape index (κ1) is 23.6. The molecular formula is C28H24N2O5. The lowest BCUT2D eigenvalue weighted by atomic mass is 9.82. The minimum Gasteiger partial charge on any atom is -0.460 e. The van der Waals surface area contributed by atoms with Crippen LogP contribution >= 0.6 is 0 Å². The van der Waals surface area contributed by atoms with Gasteiger partial charge in [-0.1, -0.05) is 49.0 Å². The summed E-state index contributed by atoms with van der Waals surface area (Å²) in [6, 6.07) is 18.3. The number of amides is 1. The molecule has 0 aliphatic heterocycles. The van der Waals surface area contributed by atoms with Gasteiger partial charge in [-0.3, -0.25) is 14.4 Å². The van der Waals surface area contributed by atoms with Gasteiger partial charge >= 0.3 is 5.97 Å². The monoisotopic (exact) mass is 468 g/mol. The number of ether oxygens (including phenoxy) is 1. The van der Waals surface area contributed by atoms with Gasteiger partial charge in [0.25, 0.3) is 5.91 Å². The van der Waals surface area contributed by atoms with Gasteiger partial charge in [0.15, 0.2) is 11.6 Å². The van der Waals surface area contributed by atoms with Crippen LogP contribution in [0.3, 0.4) is 0 Å². The molecule has 0 aromatic heterocycles. The maximum Gasteiger partial charge on any atom is 0.335 e. The van der Waals surface area contributed by atoms with Gasteiger partial charge < -0.3 is 15.4 Å². The van der Waals surface area contributed by atoms with Gasteiger partial charge in [-0.05, 0) is 38.1 Å². The van der Waals surface area contributed by atoms with Crippen LogP contribution in [0.1, 0.15) is 56.0 Å². The minimum absolute atomic E-state index is 0.0451. The summed E-state index contributed by atoms with van der Waals surface area (Å²) in [5.74, 6) is -1.65. The number of hydrogen-bond donors (Lipinski definition) is 2. The van der Waals surface area contributed by atoms with Crippen LogP contribution in [-0.4, -0.2) is 36.1 Å². The number of rotatable bonds is 7. The number of carbonyl (C=O) groups excluding carboxylic acids is 4. The molecule has 4 rings (SSSR count). The number of fused-ring (bicyclic) bond motifs is 2. The molecule has 0 heterocycles. The Balaban J connectivity index is 1.63. The summed E-state index contributed by atoms with van der Waals surface area (Å²) in [6.45, 7) is 7.27. The Hall–Kier alpha value is -4.52. The molecule has 3 aromatic rings. The molecule has 35 heavy (non-hydrogen) atoms. The molecule has 0 saturated heterocycles. The average Bonchev–Trinajstić information content (AvgIpc) is 2.85. The molecule has 0 atom stereocenters. The van der Waals surface area contributed by atoms with Gasteiger partial charge in [-0.15, -0.1) is 0 Å². The molecule has 0 fully saturated rings. The highest BCUT2D eigenvalue weighted by Crippen LogP contribution is 2.35. The van der Waals surface area contributed by atoms with Crippen molar-refractivity contribution < 1.29 is 23.9 Å². The fourth-order valence-electron chi connectivity index (χ4n) is 3.85. The van der Waals surface area contributed by atoms with Crippen LogP contribution in [0.15, 0.2) is 78.9 Å². The van der Waals surface area contributed by atoms with Crippen molar-refractivity contribution >= 4 is 34.8 Å². The van der Waals surface area contributed by atoms with Gasteiger partial charge in [0.1, 0.15) is 0 Å². The van der Waals surface area contributed by atoms with Gasteiger partial charge in [-0.25, -0.2) is 4.79 Å². The predicted octanol–water partition coefficient (Wildman–Crippen LogP) is 4.63. The fraction of sp³-hybridized carbons (Fsp3) is 0.143. The fourth-order valence-corrected chi connectivity index (χ4v) is 3.85. The van der Waals surface area contributed by atoms with Crippen molar-refractivity contribution in [1.29, 1.82) is 0 Å². The van der Waals surface area contributed by atoms with Crippen LogP contribution in [0.4, 0.5) is 11.4 Å². The maximum atomic E-state index is 13.5. The topological polar surface area (TPSA) is 102 Å². The smallest absolute Gasteiger partial charge is 0.335 e. The third-order valence-electron chi connectivity index (χ3n) is 5.48. The Kier molecular flexibility index (Phi) is 6.59. The lowest BCUT2D eigenvalue weighted by Crippen LogP contribution is -2.25. The van der Waals surface area contributed by atoms with E-state index < -0.39 is 5.97 Å². The van der Waals surface area contributed by atoms with E-state index in [0.717, 1.165) is 0 Å². The van der Waals surface area contributed by atoms with Crippen molar-refractivity contribution in [2.45, 2.75) is 20.0 Å². The standard InChI is InChI=1S/C28H24N2O5/c1-16(2)35-28(34)17(3)15-29-21-13-7-11-19-23(21)25(31)20-12-8-14-22(24(20)26(19)32)30-27(33)18-9-5-4-6-10-18/h4-14,16,29H,3,15H2,1-2H3,(H,30,33). The van der Waals surface area contributed by atoms with Crippen molar-refractivity contribution in [3.8, 4) is 0 Å². The molecular weight excluding hydrogens is 444 g/mol. The van der Waals surface area contributed by atoms with Crippen molar-refractivity contribution in [2.75, 3.05) is 17.2 Å². The van der Waals surface area contributed by atoms with Gasteiger partial charge in [-0.2, -0.15) is 0 Å². The first-order valence-corrected chi connectivity index (χ1v) is 11.1. The van der Waals surface area contributed by atoms with Crippen molar-refractivity contribution in [2.24, 2.45) is 0 Å². The van der Waals surface area contributed by atoms with Crippen LogP contribution in [0.25, 0.3) is 0 Å². The minimum atomic E-state index is -0.538. The zero-order valence-corrected chi connectivity index (χ0v) is 19.4. The summed E-state index contributed by atoms with van der Waals surface area (Å²) >= 11 is 0. The number of ketones is 2. The summed E-state index contributed by atoms with van der Waals surface area (Å²) < 4.78 is 5.14. The Bertz CT molecular complexity index is 1360. The maximum absolute atomic E-state index is 13.5. The van der Waals surface area contributed by atoms with Crippen LogP contribution in [0.2, 0.25) is 0 Å². The SMILES string of the molecule is C=C(CNc1cccc2c1C(=O)c1cccc(NC(=O)c3ccccc3)c1C2=O)C(=O)OC(C)C. The second-order valence-corrected chi connectivity index (χ2v) is 8.35. The summed E-state index contributed by atoms with van der Waals surface area (Å²) in [6.07, 6.45) is -0.281. The summed E-state index contributed by atoms with van der Waals surface area (Å²) in [4.78, 5) is 51.7. The van der Waals surface area contributed by atoms with Gasteiger partial charge in [0, 0.05) is 34.5 Å². The molecule has 0 unspecified atom stereocenters. The second kappa shape index (κ2) is 9.77. The molecule has 7 nitrogen and oxygen atoms in total. The predicted molar refractivity (Wildman–Crippen MR) is 133 cm³/mol. The van der Waals surface area contributed by atoms with E-state index in [-0.39, 0.29) is 63.6 Å². The zero-order valence-electron chi connectivity index (χ0n) is 19.4. The van der Waals surface area contributed by atoms with Crippen molar-refractivity contribution in [3.63, 3.8) is 0 Å². The summed E-state index contributed by atoms with van der Waals surface area (Å²) in [5, 5.41) is 5.79. The third kappa shape index (κ3) is 4.75. The molecule has 7 heteroatoms. The number of benzene rings is 3. The van der Waals surface area contributed by atoms with E-state index in [2.05, 4.69) is 17.2 Å². The van der Waals surface area contributed by atoms with Crippen LogP contribution in [0, 0.1) is 0 Å². The van der Waals surface area contributed by atoms with Crippen LogP contribution in [0.5, 0.6) is 0 Å². The lowest BCUT2D eigenvalue weighted by Gasteiger charge is -2.23. The molecule has 1 amide bonds. The molecule has 0 spiro atoms. The highest BCUT2D eigenvalue weighted by molar-refractivity contribution is 6.32. The summed E-state index contributed by atoms with van der Waals surface area (Å²) in [7, 11) is 0. The number of nitrogens with one attached hydrogen (secondary N) is 2. The molecule has 176 valence electrons. The van der Waals surface area contributed by atoms with E-state index in [1.165, 1.54) is 0 Å². The highest BCUT2D eigenvalue weighted by atomic mass is 16.5.